The van der Waals surface area contributed by atoms with Gasteiger partial charge in [0.25, 0.3) is 0 Å². The van der Waals surface area contributed by atoms with E-state index >= 15 is 0 Å². The molecule has 29 heavy (non-hydrogen) atoms. The summed E-state index contributed by atoms with van der Waals surface area (Å²) in [7, 11) is 0. The topological polar surface area (TPSA) is 91.4 Å². The van der Waals surface area contributed by atoms with E-state index < -0.39 is 5.54 Å². The minimum atomic E-state index is -0.399. The Bertz CT molecular complexity index is 844. The van der Waals surface area contributed by atoms with E-state index in [1.165, 1.54) is 16.2 Å². The molecule has 0 aliphatic rings. The highest BCUT2D eigenvalue weighted by molar-refractivity contribution is 7.13. The number of carbonyl (C=O) groups is 3. The SMILES string of the molecule is CCc1ccccc1N(CC(=O)NC(C)(C)C)C(=O)CCC(=O)Nc1nccs1. The van der Waals surface area contributed by atoms with Gasteiger partial charge in [0.15, 0.2) is 5.13 Å². The molecule has 156 valence electrons. The molecule has 0 spiro atoms. The van der Waals surface area contributed by atoms with Gasteiger partial charge in [-0.05, 0) is 38.8 Å². The molecule has 1 aromatic heterocycles. The molecule has 0 bridgehead atoms. The van der Waals surface area contributed by atoms with Crippen LogP contribution in [0.1, 0.15) is 46.1 Å². The molecule has 0 aliphatic heterocycles. The van der Waals surface area contributed by atoms with Crippen molar-refractivity contribution in [2.24, 2.45) is 0 Å². The van der Waals surface area contributed by atoms with E-state index in [1.54, 1.807) is 11.6 Å². The summed E-state index contributed by atoms with van der Waals surface area (Å²) >= 11 is 1.32. The Morgan fingerprint density at radius 1 is 1.10 bits per heavy atom. The lowest BCUT2D eigenvalue weighted by Gasteiger charge is -2.27. The maximum absolute atomic E-state index is 13.0. The molecular formula is C21H28N4O3S. The highest BCUT2D eigenvalue weighted by Gasteiger charge is 2.24. The number of aromatic nitrogens is 1. The molecule has 8 heteroatoms. The Hall–Kier alpha value is -2.74. The number of nitrogens with one attached hydrogen (secondary N) is 2. The van der Waals surface area contributed by atoms with Crippen LogP contribution in [0.25, 0.3) is 0 Å². The second-order valence-electron chi connectivity index (χ2n) is 7.65. The van der Waals surface area contributed by atoms with E-state index in [2.05, 4.69) is 15.6 Å². The van der Waals surface area contributed by atoms with Gasteiger partial charge in [0, 0.05) is 35.6 Å². The predicted molar refractivity (Wildman–Crippen MR) is 116 cm³/mol. The first kappa shape index (κ1) is 22.5. The maximum atomic E-state index is 13.0. The first-order chi connectivity index (χ1) is 13.7. The van der Waals surface area contributed by atoms with Gasteiger partial charge in [-0.3, -0.25) is 14.4 Å². The smallest absolute Gasteiger partial charge is 0.240 e. The van der Waals surface area contributed by atoms with Gasteiger partial charge in [0.1, 0.15) is 6.54 Å². The number of benzene rings is 1. The molecule has 0 fully saturated rings. The predicted octanol–water partition coefficient (Wildman–Crippen LogP) is 3.37. The van der Waals surface area contributed by atoms with Crippen LogP contribution in [-0.2, 0) is 20.8 Å². The number of rotatable bonds is 8. The highest BCUT2D eigenvalue weighted by atomic mass is 32.1. The van der Waals surface area contributed by atoms with Crippen molar-refractivity contribution in [1.29, 1.82) is 0 Å². The first-order valence-corrected chi connectivity index (χ1v) is 10.5. The lowest BCUT2D eigenvalue weighted by Crippen LogP contribution is -2.47. The standard InChI is InChI=1S/C21H28N4O3S/c1-5-15-8-6-7-9-16(15)25(14-18(27)24-21(2,3)4)19(28)11-10-17(26)23-20-22-12-13-29-20/h6-9,12-13H,5,10-11,14H2,1-4H3,(H,24,27)(H,22,23,26). The normalized spacial score (nSPS) is 11.0. The van der Waals surface area contributed by atoms with Crippen molar-refractivity contribution >= 4 is 39.9 Å². The molecule has 2 N–H and O–H groups in total. The minimum Gasteiger partial charge on any atom is -0.350 e. The van der Waals surface area contributed by atoms with Crippen molar-refractivity contribution in [1.82, 2.24) is 10.3 Å². The van der Waals surface area contributed by atoms with E-state index in [0.717, 1.165) is 12.0 Å². The number of thiazole rings is 1. The summed E-state index contributed by atoms with van der Waals surface area (Å²) in [5.41, 5.74) is 1.27. The molecule has 2 rings (SSSR count). The maximum Gasteiger partial charge on any atom is 0.240 e. The van der Waals surface area contributed by atoms with Gasteiger partial charge in [0.2, 0.25) is 17.7 Å². The quantitative estimate of drug-likeness (QED) is 0.690. The Balaban J connectivity index is 2.12. The number of carbonyl (C=O) groups excluding carboxylic acids is 3. The first-order valence-electron chi connectivity index (χ1n) is 9.58. The Morgan fingerprint density at radius 3 is 2.45 bits per heavy atom. The molecule has 0 saturated heterocycles. The average molecular weight is 417 g/mol. The number of nitrogens with zero attached hydrogens (tertiary/aromatic N) is 2. The van der Waals surface area contributed by atoms with Gasteiger partial charge in [-0.2, -0.15) is 0 Å². The van der Waals surface area contributed by atoms with Crippen molar-refractivity contribution in [3.63, 3.8) is 0 Å². The molecule has 1 heterocycles. The molecule has 0 atom stereocenters. The summed E-state index contributed by atoms with van der Waals surface area (Å²) in [5, 5.41) is 7.82. The lowest BCUT2D eigenvalue weighted by atomic mass is 10.1. The monoisotopic (exact) mass is 416 g/mol. The van der Waals surface area contributed by atoms with Crippen molar-refractivity contribution in [3.8, 4) is 0 Å². The number of amides is 3. The van der Waals surface area contributed by atoms with Gasteiger partial charge >= 0.3 is 0 Å². The van der Waals surface area contributed by atoms with Gasteiger partial charge in [-0.15, -0.1) is 11.3 Å². The van der Waals surface area contributed by atoms with Crippen molar-refractivity contribution < 1.29 is 14.4 Å². The summed E-state index contributed by atoms with van der Waals surface area (Å²) in [5.74, 6) is -0.801. The van der Waals surface area contributed by atoms with Gasteiger partial charge in [0.05, 0.1) is 0 Å². The number of hydrogen-bond acceptors (Lipinski definition) is 5. The Labute approximate surface area is 175 Å². The Morgan fingerprint density at radius 2 is 1.83 bits per heavy atom. The van der Waals surface area contributed by atoms with Crippen molar-refractivity contribution in [3.05, 3.63) is 41.4 Å². The van der Waals surface area contributed by atoms with Crippen LogP contribution in [0.5, 0.6) is 0 Å². The molecule has 7 nitrogen and oxygen atoms in total. The summed E-state index contributed by atoms with van der Waals surface area (Å²) in [4.78, 5) is 43.1. The second kappa shape index (κ2) is 10.2. The zero-order valence-corrected chi connectivity index (χ0v) is 18.1. The number of para-hydroxylation sites is 1. The molecular weight excluding hydrogens is 388 g/mol. The summed E-state index contributed by atoms with van der Waals surface area (Å²) in [6, 6.07) is 7.51. The fraction of sp³-hybridized carbons (Fsp3) is 0.429. The zero-order valence-electron chi connectivity index (χ0n) is 17.3. The van der Waals surface area contributed by atoms with Gasteiger partial charge < -0.3 is 15.5 Å². The molecule has 0 saturated carbocycles. The van der Waals surface area contributed by atoms with Crippen LogP contribution in [0, 0.1) is 0 Å². The zero-order chi connectivity index (χ0) is 21.4. The van der Waals surface area contributed by atoms with Crippen LogP contribution in [0.15, 0.2) is 35.8 Å². The van der Waals surface area contributed by atoms with E-state index in [4.69, 9.17) is 0 Å². The van der Waals surface area contributed by atoms with E-state index in [-0.39, 0.29) is 37.1 Å². The van der Waals surface area contributed by atoms with Crippen LogP contribution in [-0.4, -0.2) is 34.8 Å². The van der Waals surface area contributed by atoms with Crippen LogP contribution in [0.4, 0.5) is 10.8 Å². The Kier molecular flexibility index (Phi) is 7.90. The number of aryl methyl sites for hydroxylation is 1. The second-order valence-corrected chi connectivity index (χ2v) is 8.54. The highest BCUT2D eigenvalue weighted by Crippen LogP contribution is 2.22. The molecule has 1 aromatic carbocycles. The molecule has 0 aliphatic carbocycles. The summed E-state index contributed by atoms with van der Waals surface area (Å²) in [6.07, 6.45) is 2.34. The van der Waals surface area contributed by atoms with Gasteiger partial charge in [-0.1, -0.05) is 25.1 Å². The van der Waals surface area contributed by atoms with Crippen molar-refractivity contribution in [2.45, 2.75) is 52.5 Å². The largest absolute Gasteiger partial charge is 0.350 e. The summed E-state index contributed by atoms with van der Waals surface area (Å²) in [6.45, 7) is 7.57. The molecule has 0 unspecified atom stereocenters. The molecule has 2 aromatic rings. The fourth-order valence-electron chi connectivity index (χ4n) is 2.80. The van der Waals surface area contributed by atoms with Crippen LogP contribution in [0.3, 0.4) is 0 Å². The van der Waals surface area contributed by atoms with Crippen LogP contribution < -0.4 is 15.5 Å². The number of hydrogen-bond donors (Lipinski definition) is 2. The third-order valence-corrected chi connectivity index (χ3v) is 4.71. The lowest BCUT2D eigenvalue weighted by molar-refractivity contribution is -0.125. The third-order valence-electron chi connectivity index (χ3n) is 4.03. The van der Waals surface area contributed by atoms with Crippen molar-refractivity contribution in [2.75, 3.05) is 16.8 Å². The van der Waals surface area contributed by atoms with Crippen LogP contribution >= 0.6 is 11.3 Å². The van der Waals surface area contributed by atoms with E-state index in [9.17, 15) is 14.4 Å². The fourth-order valence-corrected chi connectivity index (χ4v) is 3.35. The van der Waals surface area contributed by atoms with E-state index in [1.807, 2.05) is 52.0 Å². The number of anilines is 2. The molecule has 0 radical (unpaired) electrons. The van der Waals surface area contributed by atoms with Gasteiger partial charge in [-0.25, -0.2) is 4.98 Å². The minimum absolute atomic E-state index is 0.00193. The molecule has 3 amide bonds. The third kappa shape index (κ3) is 7.30. The van der Waals surface area contributed by atoms with Crippen LogP contribution in [0.2, 0.25) is 0 Å². The van der Waals surface area contributed by atoms with E-state index in [0.29, 0.717) is 10.8 Å². The summed E-state index contributed by atoms with van der Waals surface area (Å²) < 4.78 is 0. The average Bonchev–Trinajstić information content (AvgIpc) is 3.15.